The smallest absolute Gasteiger partial charge is 0.410 e. The Balaban J connectivity index is 1.63. The van der Waals surface area contributed by atoms with Crippen LogP contribution in [0.4, 0.5) is 28.4 Å². The lowest BCUT2D eigenvalue weighted by atomic mass is 9.84. The maximum atomic E-state index is 15.8. The van der Waals surface area contributed by atoms with Crippen LogP contribution in [0.5, 0.6) is 0 Å². The van der Waals surface area contributed by atoms with E-state index in [1.807, 2.05) is 6.92 Å². The van der Waals surface area contributed by atoms with Crippen LogP contribution in [0.3, 0.4) is 0 Å². The van der Waals surface area contributed by atoms with Crippen molar-refractivity contribution >= 4 is 32.1 Å². The minimum Gasteiger partial charge on any atom is -0.444 e. The Morgan fingerprint density at radius 2 is 1.37 bits per heavy atom. The number of rotatable bonds is 12. The van der Waals surface area contributed by atoms with Crippen LogP contribution in [0.1, 0.15) is 98.3 Å². The number of anilines is 1. The summed E-state index contributed by atoms with van der Waals surface area (Å²) in [4.78, 5) is 43.1. The SMILES string of the molecule is CC1OC(CCc2c(F)cccc2NC(=O)C(NC(=O)OC(C)(C)C)C(c2ccc(F)cc2)c2ccc(F)cc2)CN(C(=O)OC(C)(C)C)C1CO[Si](C)(C)C(C)(C)C. The largest absolute Gasteiger partial charge is 0.444 e. The van der Waals surface area contributed by atoms with E-state index in [4.69, 9.17) is 18.6 Å². The highest BCUT2D eigenvalue weighted by atomic mass is 28.4. The molecule has 0 aromatic heterocycles. The van der Waals surface area contributed by atoms with Crippen LogP contribution in [-0.2, 0) is 29.9 Å². The summed E-state index contributed by atoms with van der Waals surface area (Å²) >= 11 is 0. The zero-order valence-corrected chi connectivity index (χ0v) is 37.5. The topological polar surface area (TPSA) is 115 Å². The summed E-state index contributed by atoms with van der Waals surface area (Å²) in [6.07, 6.45) is -1.99. The Hall–Kier alpha value is -4.40. The Morgan fingerprint density at radius 1 is 0.831 bits per heavy atom. The lowest BCUT2D eigenvalue weighted by Crippen LogP contribution is -2.60. The third-order valence-electron chi connectivity index (χ3n) is 10.6. The van der Waals surface area contributed by atoms with Crippen molar-refractivity contribution < 1.29 is 46.2 Å². The number of halogens is 3. The quantitative estimate of drug-likeness (QED) is 0.175. The van der Waals surface area contributed by atoms with Crippen LogP contribution >= 0.6 is 0 Å². The molecule has 2 N–H and O–H groups in total. The van der Waals surface area contributed by atoms with Gasteiger partial charge in [0.15, 0.2) is 8.32 Å². The molecule has 1 aliphatic heterocycles. The van der Waals surface area contributed by atoms with E-state index in [9.17, 15) is 23.2 Å². The fraction of sp³-hybridized carbons (Fsp3) is 0.533. The summed E-state index contributed by atoms with van der Waals surface area (Å²) in [5, 5.41) is 5.45. The second kappa shape index (κ2) is 18.9. The van der Waals surface area contributed by atoms with Gasteiger partial charge in [-0.15, -0.1) is 0 Å². The van der Waals surface area contributed by atoms with Gasteiger partial charge >= 0.3 is 12.2 Å². The molecule has 10 nitrogen and oxygen atoms in total. The Labute approximate surface area is 348 Å². The fourth-order valence-electron chi connectivity index (χ4n) is 6.57. The van der Waals surface area contributed by atoms with Gasteiger partial charge in [0.1, 0.15) is 34.7 Å². The van der Waals surface area contributed by atoms with Gasteiger partial charge in [-0.05, 0) is 127 Å². The van der Waals surface area contributed by atoms with Gasteiger partial charge in [0.05, 0.1) is 31.4 Å². The number of ether oxygens (including phenoxy) is 3. The fourth-order valence-corrected chi connectivity index (χ4v) is 7.59. The zero-order chi connectivity index (χ0) is 44.1. The van der Waals surface area contributed by atoms with Crippen molar-refractivity contribution in [3.8, 4) is 0 Å². The van der Waals surface area contributed by atoms with Crippen molar-refractivity contribution in [1.29, 1.82) is 0 Å². The molecular formula is C45H62F3N3O7Si. The molecule has 0 bridgehead atoms. The summed E-state index contributed by atoms with van der Waals surface area (Å²) in [6.45, 7) is 23.5. The van der Waals surface area contributed by atoms with Gasteiger partial charge in [-0.2, -0.15) is 0 Å². The molecule has 0 saturated carbocycles. The molecular weight excluding hydrogens is 780 g/mol. The number of carbonyl (C=O) groups excluding carboxylic acids is 3. The van der Waals surface area contributed by atoms with Crippen LogP contribution in [0.15, 0.2) is 66.7 Å². The van der Waals surface area contributed by atoms with Gasteiger partial charge in [-0.3, -0.25) is 9.69 Å². The number of alkyl carbamates (subject to hydrolysis) is 1. The number of morpholine rings is 1. The Morgan fingerprint density at radius 3 is 1.88 bits per heavy atom. The van der Waals surface area contributed by atoms with Gasteiger partial charge in [-0.25, -0.2) is 22.8 Å². The van der Waals surface area contributed by atoms with Crippen LogP contribution < -0.4 is 10.6 Å². The summed E-state index contributed by atoms with van der Waals surface area (Å²) in [5.41, 5.74) is -0.448. The molecule has 1 aliphatic rings. The number of benzene rings is 3. The number of nitrogens with zero attached hydrogens (tertiary/aromatic N) is 1. The molecule has 0 spiro atoms. The van der Waals surface area contributed by atoms with Crippen LogP contribution in [0, 0.1) is 17.5 Å². The molecule has 0 aliphatic carbocycles. The maximum Gasteiger partial charge on any atom is 0.410 e. The second-order valence-corrected chi connectivity index (χ2v) is 23.5. The molecule has 4 rings (SSSR count). The van der Waals surface area contributed by atoms with Gasteiger partial charge in [0, 0.05) is 17.2 Å². The van der Waals surface area contributed by atoms with Gasteiger partial charge < -0.3 is 29.3 Å². The van der Waals surface area contributed by atoms with Gasteiger partial charge in [-0.1, -0.05) is 51.1 Å². The lowest BCUT2D eigenvalue weighted by molar-refractivity contribution is -0.121. The summed E-state index contributed by atoms with van der Waals surface area (Å²) in [6, 6.07) is 13.3. The van der Waals surface area contributed by atoms with Crippen molar-refractivity contribution in [1.82, 2.24) is 10.2 Å². The monoisotopic (exact) mass is 841 g/mol. The molecule has 3 aromatic rings. The van der Waals surface area contributed by atoms with Crippen molar-refractivity contribution in [3.05, 3.63) is 101 Å². The van der Waals surface area contributed by atoms with Crippen molar-refractivity contribution in [2.75, 3.05) is 18.5 Å². The average Bonchev–Trinajstić information content (AvgIpc) is 3.10. The highest BCUT2D eigenvalue weighted by Gasteiger charge is 2.43. The minimum absolute atomic E-state index is 0.0490. The van der Waals surface area contributed by atoms with Gasteiger partial charge in [0.25, 0.3) is 0 Å². The van der Waals surface area contributed by atoms with E-state index >= 15 is 4.39 Å². The standard InChI is InChI=1S/C45H62F3N3O7Si/c1-28-37(27-55-59(11,12)45(8,9)10)51(42(54)58-44(5,6)7)26-33(56-28)24-25-34-35(48)14-13-15-36(34)49-40(52)39(50-41(53)57-43(2,3)4)38(29-16-20-31(46)21-17-29)30-18-22-32(47)23-19-30/h13-23,28,33,37-39H,24-27H2,1-12H3,(H,49,52)(H,50,53). The van der Waals surface area contributed by atoms with Gasteiger partial charge in [0.2, 0.25) is 5.91 Å². The molecule has 4 unspecified atom stereocenters. The van der Waals surface area contributed by atoms with Crippen LogP contribution in [0.2, 0.25) is 18.1 Å². The highest BCUT2D eigenvalue weighted by molar-refractivity contribution is 6.74. The minimum atomic E-state index is -2.18. The van der Waals surface area contributed by atoms with Crippen molar-refractivity contribution in [3.63, 3.8) is 0 Å². The molecule has 1 heterocycles. The first-order valence-corrected chi connectivity index (χ1v) is 23.0. The van der Waals surface area contributed by atoms with E-state index in [1.54, 1.807) is 52.5 Å². The Bertz CT molecular complexity index is 1860. The van der Waals surface area contributed by atoms with E-state index in [0.717, 1.165) is 0 Å². The predicted molar refractivity (Wildman–Crippen MR) is 225 cm³/mol. The number of nitrogens with one attached hydrogen (secondary N) is 2. The summed E-state index contributed by atoms with van der Waals surface area (Å²) in [5.74, 6) is -3.30. The molecule has 14 heteroatoms. The molecule has 59 heavy (non-hydrogen) atoms. The van der Waals surface area contributed by atoms with Crippen LogP contribution in [-0.4, -0.2) is 80.0 Å². The van der Waals surface area contributed by atoms with E-state index in [0.29, 0.717) is 11.1 Å². The first kappa shape index (κ1) is 47.3. The van der Waals surface area contributed by atoms with E-state index in [-0.39, 0.29) is 42.3 Å². The van der Waals surface area contributed by atoms with Crippen molar-refractivity contribution in [2.24, 2.45) is 0 Å². The molecule has 1 saturated heterocycles. The number of hydrogen-bond donors (Lipinski definition) is 2. The van der Waals surface area contributed by atoms with E-state index in [2.05, 4.69) is 44.5 Å². The maximum absolute atomic E-state index is 15.8. The average molecular weight is 842 g/mol. The number of amides is 3. The first-order chi connectivity index (χ1) is 27.2. The lowest BCUT2D eigenvalue weighted by Gasteiger charge is -2.45. The molecule has 1 fully saturated rings. The molecule has 4 atom stereocenters. The normalized spacial score (nSPS) is 18.3. The van der Waals surface area contributed by atoms with Crippen molar-refractivity contribution in [2.45, 2.75) is 142 Å². The molecule has 3 amide bonds. The second-order valence-electron chi connectivity index (χ2n) is 18.7. The predicted octanol–water partition coefficient (Wildman–Crippen LogP) is 10.1. The molecule has 0 radical (unpaired) electrons. The first-order valence-electron chi connectivity index (χ1n) is 20.1. The number of hydrogen-bond acceptors (Lipinski definition) is 7. The third-order valence-corrected chi connectivity index (χ3v) is 15.1. The number of carbonyl (C=O) groups is 3. The zero-order valence-electron chi connectivity index (χ0n) is 36.5. The highest BCUT2D eigenvalue weighted by Crippen LogP contribution is 2.38. The van der Waals surface area contributed by atoms with E-state index < -0.39 is 85.3 Å². The third kappa shape index (κ3) is 13.3. The van der Waals surface area contributed by atoms with E-state index in [1.165, 1.54) is 60.7 Å². The summed E-state index contributed by atoms with van der Waals surface area (Å²) in [7, 11) is -2.18. The summed E-state index contributed by atoms with van der Waals surface area (Å²) < 4.78 is 68.4. The molecule has 324 valence electrons. The van der Waals surface area contributed by atoms with Crippen LogP contribution in [0.25, 0.3) is 0 Å². The Kier molecular flexibility index (Phi) is 15.1. The molecule has 3 aromatic carbocycles.